The van der Waals surface area contributed by atoms with Crippen molar-refractivity contribution in [3.8, 4) is 5.75 Å². The Morgan fingerprint density at radius 3 is 2.81 bits per heavy atom. The molecule has 1 aromatic rings. The number of aryl methyl sites for hydroxylation is 1. The third-order valence-electron chi connectivity index (χ3n) is 3.18. The van der Waals surface area contributed by atoms with E-state index in [0.717, 1.165) is 4.31 Å². The number of carboxylic acid groups (broad SMARTS) is 1. The van der Waals surface area contributed by atoms with Gasteiger partial charge in [-0.05, 0) is 37.6 Å². The molecular formula is C13H17NO5S2. The fraction of sp³-hybridized carbons (Fsp3) is 0.462. The minimum Gasteiger partial charge on any atom is -0.494 e. The van der Waals surface area contributed by atoms with Gasteiger partial charge in [0.1, 0.15) is 11.8 Å². The van der Waals surface area contributed by atoms with Gasteiger partial charge in [-0.25, -0.2) is 8.42 Å². The van der Waals surface area contributed by atoms with E-state index in [1.807, 2.05) is 6.92 Å². The molecule has 0 amide bonds. The second-order valence-electron chi connectivity index (χ2n) is 4.61. The lowest BCUT2D eigenvalue weighted by atomic mass is 10.2. The van der Waals surface area contributed by atoms with Crippen LogP contribution in [-0.2, 0) is 14.8 Å². The maximum absolute atomic E-state index is 12.6. The van der Waals surface area contributed by atoms with E-state index in [9.17, 15) is 13.2 Å². The lowest BCUT2D eigenvalue weighted by Gasteiger charge is -2.20. The molecule has 0 bridgehead atoms. The summed E-state index contributed by atoms with van der Waals surface area (Å²) in [4.78, 5) is 11.3. The first kappa shape index (κ1) is 16.1. The molecular weight excluding hydrogens is 314 g/mol. The van der Waals surface area contributed by atoms with Crippen molar-refractivity contribution < 1.29 is 23.1 Å². The van der Waals surface area contributed by atoms with E-state index in [1.54, 1.807) is 13.0 Å². The SMILES string of the molecule is CCOc1ccc(S(=O)(=O)N2CSCC2C(=O)O)cc1C. The van der Waals surface area contributed by atoms with Gasteiger partial charge in [0, 0.05) is 5.75 Å². The number of carboxylic acids is 1. The van der Waals surface area contributed by atoms with Crippen molar-refractivity contribution in [2.24, 2.45) is 0 Å². The summed E-state index contributed by atoms with van der Waals surface area (Å²) >= 11 is 1.30. The number of benzene rings is 1. The summed E-state index contributed by atoms with van der Waals surface area (Å²) in [5, 5.41) is 9.12. The summed E-state index contributed by atoms with van der Waals surface area (Å²) in [5.41, 5.74) is 0.705. The van der Waals surface area contributed by atoms with Crippen LogP contribution in [0.25, 0.3) is 0 Å². The zero-order valence-corrected chi connectivity index (χ0v) is 13.4. The predicted octanol–water partition coefficient (Wildman–Crippen LogP) is 1.54. The van der Waals surface area contributed by atoms with Gasteiger partial charge in [-0.2, -0.15) is 4.31 Å². The van der Waals surface area contributed by atoms with Crippen molar-refractivity contribution >= 4 is 27.8 Å². The quantitative estimate of drug-likeness (QED) is 0.881. The first-order valence-corrected chi connectivity index (χ1v) is 9.03. The maximum Gasteiger partial charge on any atom is 0.322 e. The number of carbonyl (C=O) groups is 1. The number of hydrogen-bond donors (Lipinski definition) is 1. The van der Waals surface area contributed by atoms with E-state index >= 15 is 0 Å². The van der Waals surface area contributed by atoms with E-state index in [1.165, 1.54) is 23.9 Å². The van der Waals surface area contributed by atoms with Crippen LogP contribution in [-0.4, -0.2) is 48.1 Å². The van der Waals surface area contributed by atoms with Crippen LogP contribution in [0.5, 0.6) is 5.75 Å². The first-order chi connectivity index (χ1) is 9.87. The van der Waals surface area contributed by atoms with E-state index < -0.39 is 22.0 Å². The molecule has 1 aliphatic rings. The fourth-order valence-electron chi connectivity index (χ4n) is 2.09. The van der Waals surface area contributed by atoms with Gasteiger partial charge in [0.05, 0.1) is 17.4 Å². The van der Waals surface area contributed by atoms with Gasteiger partial charge in [0.2, 0.25) is 10.0 Å². The summed E-state index contributed by atoms with van der Waals surface area (Å²) in [5.74, 6) is -0.0656. The smallest absolute Gasteiger partial charge is 0.322 e. The molecule has 6 nitrogen and oxygen atoms in total. The summed E-state index contributed by atoms with van der Waals surface area (Å²) in [6.07, 6.45) is 0. The second-order valence-corrected chi connectivity index (χ2v) is 7.50. The number of sulfonamides is 1. The molecule has 1 unspecified atom stereocenters. The van der Waals surface area contributed by atoms with Gasteiger partial charge in [0.25, 0.3) is 0 Å². The molecule has 1 heterocycles. The molecule has 116 valence electrons. The Morgan fingerprint density at radius 2 is 2.24 bits per heavy atom. The van der Waals surface area contributed by atoms with Crippen molar-refractivity contribution in [2.75, 3.05) is 18.2 Å². The molecule has 0 aliphatic carbocycles. The van der Waals surface area contributed by atoms with Crippen LogP contribution in [0.15, 0.2) is 23.1 Å². The summed E-state index contributed by atoms with van der Waals surface area (Å²) in [7, 11) is -3.81. The van der Waals surface area contributed by atoms with Gasteiger partial charge in [-0.15, -0.1) is 11.8 Å². The molecule has 1 saturated heterocycles. The van der Waals surface area contributed by atoms with Crippen molar-refractivity contribution in [2.45, 2.75) is 24.8 Å². The average Bonchev–Trinajstić information content (AvgIpc) is 2.91. The number of thioether (sulfide) groups is 1. The van der Waals surface area contributed by atoms with Gasteiger partial charge < -0.3 is 9.84 Å². The third kappa shape index (κ3) is 3.17. The molecule has 0 saturated carbocycles. The lowest BCUT2D eigenvalue weighted by Crippen LogP contribution is -2.41. The molecule has 8 heteroatoms. The fourth-order valence-corrected chi connectivity index (χ4v) is 5.31. The topological polar surface area (TPSA) is 83.9 Å². The number of ether oxygens (including phenoxy) is 1. The summed E-state index contributed by atoms with van der Waals surface area (Å²) in [6, 6.07) is 3.56. The number of nitrogens with zero attached hydrogens (tertiary/aromatic N) is 1. The summed E-state index contributed by atoms with van der Waals surface area (Å²) in [6.45, 7) is 4.11. The maximum atomic E-state index is 12.6. The standard InChI is InChI=1S/C13H17NO5S2/c1-3-19-12-5-4-10(6-9(12)2)21(17,18)14-8-20-7-11(14)13(15)16/h4-6,11H,3,7-8H2,1-2H3,(H,15,16). The Balaban J connectivity index is 2.35. The lowest BCUT2D eigenvalue weighted by molar-refractivity contribution is -0.140. The minimum absolute atomic E-state index is 0.0946. The molecule has 1 atom stereocenters. The zero-order valence-electron chi connectivity index (χ0n) is 11.8. The van der Waals surface area contributed by atoms with Crippen LogP contribution >= 0.6 is 11.8 Å². The highest BCUT2D eigenvalue weighted by Gasteiger charge is 2.40. The molecule has 1 aliphatic heterocycles. The van der Waals surface area contributed by atoms with Crippen molar-refractivity contribution in [3.63, 3.8) is 0 Å². The molecule has 21 heavy (non-hydrogen) atoms. The molecule has 1 aromatic carbocycles. The molecule has 0 spiro atoms. The highest BCUT2D eigenvalue weighted by Crippen LogP contribution is 2.30. The van der Waals surface area contributed by atoms with Crippen molar-refractivity contribution in [1.82, 2.24) is 4.31 Å². The third-order valence-corrected chi connectivity index (χ3v) is 6.21. The Kier molecular flexibility index (Phi) is 4.80. The number of rotatable bonds is 5. The van der Waals surface area contributed by atoms with E-state index in [0.29, 0.717) is 17.9 Å². The monoisotopic (exact) mass is 331 g/mol. The molecule has 0 radical (unpaired) electrons. The Hall–Kier alpha value is -1.25. The molecule has 2 rings (SSSR count). The largest absolute Gasteiger partial charge is 0.494 e. The van der Waals surface area contributed by atoms with Gasteiger partial charge >= 0.3 is 5.97 Å². The molecule has 1 N–H and O–H groups in total. The summed E-state index contributed by atoms with van der Waals surface area (Å²) < 4.78 is 31.6. The first-order valence-electron chi connectivity index (χ1n) is 6.43. The van der Waals surface area contributed by atoms with E-state index in [4.69, 9.17) is 9.84 Å². The van der Waals surface area contributed by atoms with Crippen LogP contribution in [0.2, 0.25) is 0 Å². The predicted molar refractivity (Wildman–Crippen MR) is 80.1 cm³/mol. The molecule has 1 fully saturated rings. The van der Waals surface area contributed by atoms with Crippen LogP contribution in [0.1, 0.15) is 12.5 Å². The van der Waals surface area contributed by atoms with Gasteiger partial charge in [-0.1, -0.05) is 0 Å². The van der Waals surface area contributed by atoms with E-state index in [-0.39, 0.29) is 16.5 Å². The number of aliphatic carboxylic acids is 1. The van der Waals surface area contributed by atoms with Crippen molar-refractivity contribution in [1.29, 1.82) is 0 Å². The highest BCUT2D eigenvalue weighted by molar-refractivity contribution is 8.00. The Bertz CT molecular complexity index is 644. The van der Waals surface area contributed by atoms with Crippen LogP contribution in [0.4, 0.5) is 0 Å². The second kappa shape index (κ2) is 6.25. The van der Waals surface area contributed by atoms with Crippen LogP contribution in [0.3, 0.4) is 0 Å². The van der Waals surface area contributed by atoms with Crippen molar-refractivity contribution in [3.05, 3.63) is 23.8 Å². The van der Waals surface area contributed by atoms with Crippen LogP contribution in [0, 0.1) is 6.92 Å². The Labute approximate surface area is 128 Å². The van der Waals surface area contributed by atoms with Gasteiger partial charge in [-0.3, -0.25) is 4.79 Å². The normalized spacial score (nSPS) is 19.6. The Morgan fingerprint density at radius 1 is 1.52 bits per heavy atom. The number of hydrogen-bond acceptors (Lipinski definition) is 5. The zero-order chi connectivity index (χ0) is 15.6. The molecule has 0 aromatic heterocycles. The highest BCUT2D eigenvalue weighted by atomic mass is 32.2. The average molecular weight is 331 g/mol. The van der Waals surface area contributed by atoms with E-state index in [2.05, 4.69) is 0 Å². The minimum atomic E-state index is -3.81. The van der Waals surface area contributed by atoms with Crippen LogP contribution < -0.4 is 4.74 Å². The van der Waals surface area contributed by atoms with Gasteiger partial charge in [0.15, 0.2) is 0 Å².